The lowest BCUT2D eigenvalue weighted by Gasteiger charge is -2.12. The van der Waals surface area contributed by atoms with Gasteiger partial charge in [0, 0.05) is 23.5 Å². The number of aromatic nitrogens is 2. The zero-order valence-corrected chi connectivity index (χ0v) is 16.5. The molecular formula is C22H21N3O2S. The monoisotopic (exact) mass is 391 g/mol. The summed E-state index contributed by atoms with van der Waals surface area (Å²) in [6.07, 6.45) is -0.733. The quantitative estimate of drug-likeness (QED) is 0.537. The zero-order valence-electron chi connectivity index (χ0n) is 15.7. The Morgan fingerprint density at radius 3 is 2.54 bits per heavy atom. The Kier molecular flexibility index (Phi) is 4.98. The fourth-order valence-corrected chi connectivity index (χ4v) is 4.33. The number of aliphatic hydroxyl groups is 1. The van der Waals surface area contributed by atoms with E-state index in [-0.39, 0.29) is 12.5 Å². The van der Waals surface area contributed by atoms with E-state index in [0.29, 0.717) is 5.56 Å². The third-order valence-electron chi connectivity index (χ3n) is 4.74. The molecule has 0 bridgehead atoms. The molecule has 0 radical (unpaired) electrons. The van der Waals surface area contributed by atoms with Crippen LogP contribution in [0, 0.1) is 13.8 Å². The lowest BCUT2D eigenvalue weighted by molar-refractivity contribution is 0.0916. The molecule has 4 rings (SSSR count). The van der Waals surface area contributed by atoms with Gasteiger partial charge in [-0.3, -0.25) is 9.36 Å². The second-order valence-electron chi connectivity index (χ2n) is 6.77. The maximum Gasteiger partial charge on any atom is 0.251 e. The van der Waals surface area contributed by atoms with Gasteiger partial charge in [0.05, 0.1) is 16.3 Å². The Bertz CT molecular complexity index is 1110. The van der Waals surface area contributed by atoms with Crippen molar-refractivity contribution in [3.05, 3.63) is 83.2 Å². The van der Waals surface area contributed by atoms with Crippen molar-refractivity contribution in [1.29, 1.82) is 0 Å². The fourth-order valence-electron chi connectivity index (χ4n) is 3.20. The summed E-state index contributed by atoms with van der Waals surface area (Å²) in [6, 6.07) is 18.9. The molecule has 6 heteroatoms. The summed E-state index contributed by atoms with van der Waals surface area (Å²) in [4.78, 5) is 17.2. The minimum absolute atomic E-state index is 0.163. The molecule has 1 amide bonds. The predicted octanol–water partition coefficient (Wildman–Crippen LogP) is 4.17. The number of thiazole rings is 1. The van der Waals surface area contributed by atoms with Crippen LogP contribution in [0.1, 0.15) is 33.4 Å². The van der Waals surface area contributed by atoms with Crippen molar-refractivity contribution in [2.45, 2.75) is 20.0 Å². The number of hydrogen-bond acceptors (Lipinski definition) is 4. The summed E-state index contributed by atoms with van der Waals surface area (Å²) in [6.45, 7) is 4.27. The van der Waals surface area contributed by atoms with Crippen molar-refractivity contribution in [2.24, 2.45) is 0 Å². The van der Waals surface area contributed by atoms with Crippen LogP contribution in [-0.2, 0) is 0 Å². The molecule has 1 unspecified atom stereocenters. The van der Waals surface area contributed by atoms with Gasteiger partial charge in [-0.25, -0.2) is 4.98 Å². The summed E-state index contributed by atoms with van der Waals surface area (Å²) in [7, 11) is 0. The first-order chi connectivity index (χ1) is 13.5. The SMILES string of the molecule is Cc1ccc(C)n1-c1nc2ccc(C(=O)NCC(O)c3ccccc3)cc2s1. The van der Waals surface area contributed by atoms with Gasteiger partial charge in [0.15, 0.2) is 5.13 Å². The molecule has 142 valence electrons. The number of carbonyl (C=O) groups excluding carboxylic acids is 1. The highest BCUT2D eigenvalue weighted by Crippen LogP contribution is 2.28. The van der Waals surface area contributed by atoms with Crippen LogP contribution in [0.3, 0.4) is 0 Å². The molecule has 0 aliphatic carbocycles. The number of hydrogen-bond donors (Lipinski definition) is 2. The maximum atomic E-state index is 12.5. The average molecular weight is 391 g/mol. The highest BCUT2D eigenvalue weighted by atomic mass is 32.1. The number of rotatable bonds is 5. The van der Waals surface area contributed by atoms with Crippen LogP contribution >= 0.6 is 11.3 Å². The standard InChI is InChI=1S/C22H21N3O2S/c1-14-8-9-15(2)25(14)22-24-18-11-10-17(12-20(18)28-22)21(27)23-13-19(26)16-6-4-3-5-7-16/h3-12,19,26H,13H2,1-2H3,(H,23,27). The molecule has 2 N–H and O–H groups in total. The maximum absolute atomic E-state index is 12.5. The topological polar surface area (TPSA) is 67.2 Å². The van der Waals surface area contributed by atoms with E-state index in [2.05, 4.69) is 35.9 Å². The van der Waals surface area contributed by atoms with Gasteiger partial charge in [-0.2, -0.15) is 0 Å². The van der Waals surface area contributed by atoms with E-state index in [9.17, 15) is 9.90 Å². The van der Waals surface area contributed by atoms with Crippen LogP contribution in [0.5, 0.6) is 0 Å². The highest BCUT2D eigenvalue weighted by Gasteiger charge is 2.14. The molecule has 0 spiro atoms. The Morgan fingerprint density at radius 1 is 1.11 bits per heavy atom. The Hall–Kier alpha value is -2.96. The van der Waals surface area contributed by atoms with Gasteiger partial charge in [0.2, 0.25) is 0 Å². The van der Waals surface area contributed by atoms with E-state index < -0.39 is 6.10 Å². The average Bonchev–Trinajstić information content (AvgIpc) is 3.27. The van der Waals surface area contributed by atoms with E-state index in [4.69, 9.17) is 4.98 Å². The minimum atomic E-state index is -0.733. The predicted molar refractivity (Wildman–Crippen MR) is 112 cm³/mol. The first-order valence-electron chi connectivity index (χ1n) is 9.10. The summed E-state index contributed by atoms with van der Waals surface area (Å²) in [5.74, 6) is -0.208. The van der Waals surface area contributed by atoms with Crippen molar-refractivity contribution < 1.29 is 9.90 Å². The fraction of sp³-hybridized carbons (Fsp3) is 0.182. The van der Waals surface area contributed by atoms with Crippen LogP contribution < -0.4 is 5.32 Å². The van der Waals surface area contributed by atoms with Crippen molar-refractivity contribution in [1.82, 2.24) is 14.9 Å². The van der Waals surface area contributed by atoms with Crippen LogP contribution in [0.4, 0.5) is 0 Å². The van der Waals surface area contributed by atoms with E-state index in [1.54, 1.807) is 17.4 Å². The molecule has 2 heterocycles. The van der Waals surface area contributed by atoms with Gasteiger partial charge < -0.3 is 10.4 Å². The summed E-state index contributed by atoms with van der Waals surface area (Å²) >= 11 is 1.56. The number of aryl methyl sites for hydroxylation is 2. The van der Waals surface area contributed by atoms with Gasteiger partial charge >= 0.3 is 0 Å². The highest BCUT2D eigenvalue weighted by molar-refractivity contribution is 7.20. The molecule has 1 atom stereocenters. The van der Waals surface area contributed by atoms with Crippen LogP contribution in [-0.4, -0.2) is 27.1 Å². The Labute approximate surface area is 167 Å². The second kappa shape index (κ2) is 7.58. The van der Waals surface area contributed by atoms with Gasteiger partial charge in [-0.05, 0) is 49.7 Å². The van der Waals surface area contributed by atoms with Gasteiger partial charge in [0.1, 0.15) is 0 Å². The molecule has 0 saturated heterocycles. The summed E-state index contributed by atoms with van der Waals surface area (Å²) in [5, 5.41) is 13.9. The number of fused-ring (bicyclic) bond motifs is 1. The molecule has 2 aromatic heterocycles. The van der Waals surface area contributed by atoms with Gasteiger partial charge in [-0.1, -0.05) is 41.7 Å². The molecule has 0 saturated carbocycles. The van der Waals surface area contributed by atoms with Crippen molar-refractivity contribution in [3.63, 3.8) is 0 Å². The number of benzene rings is 2. The number of carbonyl (C=O) groups is 1. The second-order valence-corrected chi connectivity index (χ2v) is 7.78. The largest absolute Gasteiger partial charge is 0.387 e. The number of nitrogens with one attached hydrogen (secondary N) is 1. The van der Waals surface area contributed by atoms with Crippen LogP contribution in [0.15, 0.2) is 60.7 Å². The lowest BCUT2D eigenvalue weighted by atomic mass is 10.1. The van der Waals surface area contributed by atoms with Gasteiger partial charge in [-0.15, -0.1) is 0 Å². The minimum Gasteiger partial charge on any atom is -0.387 e. The molecule has 2 aromatic carbocycles. The summed E-state index contributed by atoms with van der Waals surface area (Å²) < 4.78 is 3.07. The number of amides is 1. The summed E-state index contributed by atoms with van der Waals surface area (Å²) in [5.41, 5.74) is 4.47. The van der Waals surface area contributed by atoms with Crippen LogP contribution in [0.2, 0.25) is 0 Å². The molecule has 5 nitrogen and oxygen atoms in total. The van der Waals surface area contributed by atoms with Crippen molar-refractivity contribution in [2.75, 3.05) is 6.54 Å². The third-order valence-corrected chi connectivity index (χ3v) is 5.75. The van der Waals surface area contributed by atoms with E-state index in [0.717, 1.165) is 32.3 Å². The van der Waals surface area contributed by atoms with Crippen molar-refractivity contribution >= 4 is 27.5 Å². The molecular weight excluding hydrogens is 370 g/mol. The number of nitrogens with zero attached hydrogens (tertiary/aromatic N) is 2. The first-order valence-corrected chi connectivity index (χ1v) is 9.91. The van der Waals surface area contributed by atoms with E-state index in [1.165, 1.54) is 0 Å². The molecule has 0 aliphatic heterocycles. The smallest absolute Gasteiger partial charge is 0.251 e. The van der Waals surface area contributed by atoms with Gasteiger partial charge in [0.25, 0.3) is 5.91 Å². The first kappa shape index (κ1) is 18.4. The number of aliphatic hydroxyl groups excluding tert-OH is 1. The normalized spacial score (nSPS) is 12.2. The molecule has 0 fully saturated rings. The molecule has 28 heavy (non-hydrogen) atoms. The van der Waals surface area contributed by atoms with E-state index in [1.807, 2.05) is 42.5 Å². The Morgan fingerprint density at radius 2 is 1.82 bits per heavy atom. The molecule has 0 aliphatic rings. The van der Waals surface area contributed by atoms with Crippen molar-refractivity contribution in [3.8, 4) is 5.13 Å². The Balaban J connectivity index is 1.52. The third kappa shape index (κ3) is 3.56. The lowest BCUT2D eigenvalue weighted by Crippen LogP contribution is -2.28. The molecule has 4 aromatic rings. The van der Waals surface area contributed by atoms with E-state index >= 15 is 0 Å². The zero-order chi connectivity index (χ0) is 19.7. The van der Waals surface area contributed by atoms with Crippen LogP contribution in [0.25, 0.3) is 15.3 Å².